The molecule has 0 aliphatic heterocycles. The molecule has 7 nitrogen and oxygen atoms in total. The Bertz CT molecular complexity index is 1440. The number of aryl methyl sites for hydroxylation is 2. The van der Waals surface area contributed by atoms with E-state index in [1.165, 1.54) is 5.57 Å². The number of aromatic nitrogens is 1. The van der Waals surface area contributed by atoms with E-state index < -0.39 is 5.41 Å². The van der Waals surface area contributed by atoms with E-state index in [0.717, 1.165) is 80.5 Å². The van der Waals surface area contributed by atoms with Crippen molar-refractivity contribution in [2.75, 3.05) is 6.61 Å². The van der Waals surface area contributed by atoms with Gasteiger partial charge in [0.25, 0.3) is 0 Å². The largest absolute Gasteiger partial charge is 0.466 e. The summed E-state index contributed by atoms with van der Waals surface area (Å²) in [6.07, 6.45) is 10.8. The Labute approximate surface area is 270 Å². The molecule has 0 amide bonds. The molecule has 0 N–H and O–H groups in total. The first-order valence-corrected chi connectivity index (χ1v) is 17.5. The van der Waals surface area contributed by atoms with Crippen LogP contribution in [0.5, 0.6) is 0 Å². The van der Waals surface area contributed by atoms with Gasteiger partial charge in [-0.05, 0) is 125 Å². The fourth-order valence-corrected chi connectivity index (χ4v) is 11.5. The third kappa shape index (κ3) is 4.55. The van der Waals surface area contributed by atoms with Crippen molar-refractivity contribution in [1.82, 2.24) is 5.16 Å². The fourth-order valence-electron chi connectivity index (χ4n) is 11.5. The van der Waals surface area contributed by atoms with Crippen molar-refractivity contribution in [3.8, 4) is 0 Å². The number of carbonyl (C=O) groups is 2. The van der Waals surface area contributed by atoms with Crippen LogP contribution in [-0.4, -0.2) is 29.2 Å². The fraction of sp³-hybridized carbons (Fsp3) is 0.789. The number of hydrogen-bond donors (Lipinski definition) is 0. The zero-order valence-electron chi connectivity index (χ0n) is 29.5. The van der Waals surface area contributed by atoms with E-state index in [1.54, 1.807) is 0 Å². The van der Waals surface area contributed by atoms with Gasteiger partial charge in [0.2, 0.25) is 0 Å². The lowest BCUT2D eigenvalue weighted by Gasteiger charge is -2.70. The highest BCUT2D eigenvalue weighted by Gasteiger charge is 2.70. The van der Waals surface area contributed by atoms with E-state index in [1.807, 2.05) is 20.8 Å². The highest BCUT2D eigenvalue weighted by Crippen LogP contribution is 2.75. The van der Waals surface area contributed by atoms with Crippen molar-refractivity contribution in [1.29, 1.82) is 0 Å². The van der Waals surface area contributed by atoms with Crippen LogP contribution in [0.2, 0.25) is 0 Å². The number of fused-ring (bicyclic) bond motifs is 7. The summed E-state index contributed by atoms with van der Waals surface area (Å²) in [5.41, 5.74) is 3.31. The summed E-state index contributed by atoms with van der Waals surface area (Å²) in [6, 6.07) is 0. The molecule has 5 aliphatic carbocycles. The zero-order valence-corrected chi connectivity index (χ0v) is 29.5. The van der Waals surface area contributed by atoms with Crippen LogP contribution >= 0.6 is 0 Å². The molecule has 6 rings (SSSR count). The quantitative estimate of drug-likeness (QED) is 0.242. The predicted molar refractivity (Wildman–Crippen MR) is 174 cm³/mol. The molecule has 4 fully saturated rings. The van der Waals surface area contributed by atoms with Crippen LogP contribution in [0.25, 0.3) is 0 Å². The molecule has 0 radical (unpaired) electrons. The Kier molecular flexibility index (Phi) is 7.61. The molecular formula is C38H56N2O5. The molecule has 4 saturated carbocycles. The first-order chi connectivity index (χ1) is 21.0. The van der Waals surface area contributed by atoms with Crippen LogP contribution in [0.4, 0.5) is 0 Å². The Morgan fingerprint density at radius 1 is 1.02 bits per heavy atom. The molecule has 5 aliphatic rings. The van der Waals surface area contributed by atoms with E-state index in [0.29, 0.717) is 24.9 Å². The van der Waals surface area contributed by atoms with Crippen molar-refractivity contribution in [3.05, 3.63) is 28.7 Å². The third-order valence-electron chi connectivity index (χ3n) is 14.7. The molecule has 45 heavy (non-hydrogen) atoms. The van der Waals surface area contributed by atoms with Gasteiger partial charge in [-0.25, -0.2) is 0 Å². The van der Waals surface area contributed by atoms with E-state index in [9.17, 15) is 9.59 Å². The monoisotopic (exact) mass is 620 g/mol. The average Bonchev–Trinajstić information content (AvgIpc) is 3.28. The molecule has 0 saturated heterocycles. The summed E-state index contributed by atoms with van der Waals surface area (Å²) in [5, 5.41) is 8.79. The molecule has 0 spiro atoms. The Balaban J connectivity index is 1.32. The summed E-state index contributed by atoms with van der Waals surface area (Å²) in [7, 11) is 0. The van der Waals surface area contributed by atoms with Gasteiger partial charge in [0, 0.05) is 11.3 Å². The average molecular weight is 621 g/mol. The molecule has 7 heteroatoms. The number of hydrogen-bond acceptors (Lipinski definition) is 7. The number of oxime groups is 1. The molecule has 0 unspecified atom stereocenters. The lowest BCUT2D eigenvalue weighted by molar-refractivity contribution is -0.177. The summed E-state index contributed by atoms with van der Waals surface area (Å²) in [6.45, 7) is 23.0. The van der Waals surface area contributed by atoms with E-state index in [4.69, 9.17) is 19.3 Å². The predicted octanol–water partition coefficient (Wildman–Crippen LogP) is 8.71. The second-order valence-corrected chi connectivity index (χ2v) is 17.3. The molecular weight excluding hydrogens is 564 g/mol. The van der Waals surface area contributed by atoms with Crippen LogP contribution < -0.4 is 0 Å². The Hall–Kier alpha value is -2.44. The number of ether oxygens (including phenoxy) is 1. The number of carbonyl (C=O) groups excluding carboxylic acids is 2. The summed E-state index contributed by atoms with van der Waals surface area (Å²) >= 11 is 0. The van der Waals surface area contributed by atoms with Crippen LogP contribution in [0.3, 0.4) is 0 Å². The smallest absolute Gasteiger partial charge is 0.311 e. The van der Waals surface area contributed by atoms with Crippen LogP contribution in [0, 0.1) is 64.1 Å². The zero-order chi connectivity index (χ0) is 32.8. The van der Waals surface area contributed by atoms with Crippen molar-refractivity contribution < 1.29 is 23.7 Å². The van der Waals surface area contributed by atoms with Gasteiger partial charge in [-0.1, -0.05) is 57.4 Å². The Morgan fingerprint density at radius 2 is 1.73 bits per heavy atom. The van der Waals surface area contributed by atoms with E-state index in [-0.39, 0.29) is 44.9 Å². The lowest BCUT2D eigenvalue weighted by atomic mass is 9.33. The number of allylic oxidation sites excluding steroid dienone is 2. The highest BCUT2D eigenvalue weighted by atomic mass is 16.6. The first kappa shape index (κ1) is 32.5. The summed E-state index contributed by atoms with van der Waals surface area (Å²) in [4.78, 5) is 33.8. The maximum absolute atomic E-state index is 14.7. The van der Waals surface area contributed by atoms with Crippen molar-refractivity contribution in [2.45, 2.75) is 134 Å². The van der Waals surface area contributed by atoms with E-state index >= 15 is 0 Å². The minimum atomic E-state index is -0.500. The highest BCUT2D eigenvalue weighted by molar-refractivity contribution is 5.97. The number of nitrogens with zero attached hydrogens (tertiary/aromatic N) is 2. The van der Waals surface area contributed by atoms with Crippen molar-refractivity contribution in [2.24, 2.45) is 55.4 Å². The number of rotatable bonds is 5. The molecule has 0 bridgehead atoms. The molecule has 8 atom stereocenters. The third-order valence-corrected chi connectivity index (χ3v) is 14.7. The van der Waals surface area contributed by atoms with Crippen molar-refractivity contribution in [3.63, 3.8) is 0 Å². The second-order valence-electron chi connectivity index (χ2n) is 17.3. The molecule has 248 valence electrons. The minimum Gasteiger partial charge on any atom is -0.466 e. The van der Waals surface area contributed by atoms with Crippen LogP contribution in [0.1, 0.15) is 130 Å². The van der Waals surface area contributed by atoms with Crippen LogP contribution in [0.15, 0.2) is 21.3 Å². The normalized spacial score (nSPS) is 43.0. The van der Waals surface area contributed by atoms with E-state index in [2.05, 4.69) is 59.7 Å². The van der Waals surface area contributed by atoms with Gasteiger partial charge in [-0.2, -0.15) is 0 Å². The molecule has 1 aromatic heterocycles. The Morgan fingerprint density at radius 3 is 2.40 bits per heavy atom. The lowest BCUT2D eigenvalue weighted by Crippen LogP contribution is -2.66. The maximum Gasteiger partial charge on any atom is 0.311 e. The topological polar surface area (TPSA) is 91.0 Å². The van der Waals surface area contributed by atoms with Gasteiger partial charge in [-0.15, -0.1) is 0 Å². The van der Waals surface area contributed by atoms with Crippen LogP contribution in [-0.2, 0) is 25.8 Å². The number of esters is 1. The van der Waals surface area contributed by atoms with Gasteiger partial charge < -0.3 is 14.1 Å². The van der Waals surface area contributed by atoms with Crippen molar-refractivity contribution >= 4 is 17.5 Å². The molecule has 0 aromatic carbocycles. The van der Waals surface area contributed by atoms with Gasteiger partial charge in [0.05, 0.1) is 29.0 Å². The minimum absolute atomic E-state index is 0.0362. The maximum atomic E-state index is 14.7. The van der Waals surface area contributed by atoms with Gasteiger partial charge in [-0.3, -0.25) is 9.59 Å². The molecule has 1 aromatic rings. The van der Waals surface area contributed by atoms with Gasteiger partial charge in [0.15, 0.2) is 5.78 Å². The summed E-state index contributed by atoms with van der Waals surface area (Å²) < 4.78 is 10.9. The standard InChI is InChI=1S/C38H56N2O5/c1-11-43-32(42)35(7)17-16-34(6)18-19-37(9)26(27(34)21-35)20-28(41)31-36(8)14-13-30(33(4,5)29(36)12-15-38(31,37)10)40-44-22-25-23(2)39-45-24(25)3/h20,27,29,31H,11-19,21-22H2,1-10H3/b40-30+/t27-,29-,31+,34+,35-,36-,37+,38+/m0/s1. The van der Waals surface area contributed by atoms with Gasteiger partial charge in [0.1, 0.15) is 12.4 Å². The number of ketones is 1. The summed E-state index contributed by atoms with van der Waals surface area (Å²) in [5.74, 6) is 1.53. The molecule has 1 heterocycles. The SMILES string of the molecule is CCOC(=O)[C@@]1(C)CC[C@]2(C)CC[C@]3(C)C(=CC(=O)[C@@H]4[C@@]5(C)CC/C(=N\OCc6c(C)noc6C)C(C)(C)[C@@H]5CC[C@]43C)[C@@H]2C1. The van der Waals surface area contributed by atoms with Gasteiger partial charge >= 0.3 is 5.97 Å². The second kappa shape index (κ2) is 10.5. The first-order valence-electron chi connectivity index (χ1n) is 17.5.